The Bertz CT molecular complexity index is 488. The Labute approximate surface area is 104 Å². The number of nitrogens with zero attached hydrogens (tertiary/aromatic N) is 1. The van der Waals surface area contributed by atoms with Gasteiger partial charge in [-0.1, -0.05) is 17.7 Å². The Kier molecular flexibility index (Phi) is 4.21. The van der Waals surface area contributed by atoms with Crippen molar-refractivity contribution in [3.63, 3.8) is 0 Å². The van der Waals surface area contributed by atoms with Gasteiger partial charge in [0.25, 0.3) is 0 Å². The molecular weight excluding hydrogens is 395 g/mol. The summed E-state index contributed by atoms with van der Waals surface area (Å²) in [5.41, 5.74) is 0.0448. The first kappa shape index (κ1) is 12.9. The summed E-state index contributed by atoms with van der Waals surface area (Å²) in [6, 6.07) is 7.82. The molecule has 0 spiro atoms. The molecule has 0 saturated heterocycles. The topological polar surface area (TPSA) is 12.9 Å². The molecule has 0 fully saturated rings. The van der Waals surface area contributed by atoms with Gasteiger partial charge in [-0.2, -0.15) is 0 Å². The Morgan fingerprint density at radius 2 is 1.81 bits per heavy atom. The minimum absolute atomic E-state index is 0. The average Bonchev–Trinajstić information content (AvgIpc) is 2.27. The number of pyridine rings is 1. The summed E-state index contributed by atoms with van der Waals surface area (Å²) in [6.45, 7) is 0. The van der Waals surface area contributed by atoms with E-state index in [1.54, 1.807) is 12.1 Å². The van der Waals surface area contributed by atoms with Crippen LogP contribution in [0.1, 0.15) is 0 Å². The fourth-order valence-corrected chi connectivity index (χ4v) is 1.17. The van der Waals surface area contributed by atoms with Crippen LogP contribution in [0.25, 0.3) is 11.3 Å². The number of halogens is 3. The molecule has 2 rings (SSSR count). The molecule has 1 aromatic carbocycles. The third-order valence-electron chi connectivity index (χ3n) is 1.89. The second-order valence-electron chi connectivity index (χ2n) is 2.85. The zero-order valence-electron chi connectivity index (χ0n) is 7.80. The minimum Gasteiger partial charge on any atom is -0.305 e. The second kappa shape index (κ2) is 5.23. The minimum atomic E-state index is -1.51. The van der Waals surface area contributed by atoms with Crippen LogP contribution in [0.4, 0.5) is 13.2 Å². The second-order valence-corrected chi connectivity index (χ2v) is 2.85. The summed E-state index contributed by atoms with van der Waals surface area (Å²) >= 11 is 0. The van der Waals surface area contributed by atoms with Gasteiger partial charge in [0.15, 0.2) is 0 Å². The number of rotatable bonds is 1. The molecule has 1 radical (unpaired) electrons. The van der Waals surface area contributed by atoms with Crippen LogP contribution >= 0.6 is 0 Å². The molecule has 85 valence electrons. The van der Waals surface area contributed by atoms with Gasteiger partial charge >= 0.3 is 0 Å². The van der Waals surface area contributed by atoms with E-state index in [0.29, 0.717) is 0 Å². The Balaban J connectivity index is 0.00000128. The van der Waals surface area contributed by atoms with Crippen LogP contribution in [0, 0.1) is 23.5 Å². The SMILES string of the molecule is Fc1c[c-]c(-c2ccccn2)c(F)c1F.[Ir]. The van der Waals surface area contributed by atoms with Crippen molar-refractivity contribution in [2.45, 2.75) is 0 Å². The van der Waals surface area contributed by atoms with Gasteiger partial charge < -0.3 is 4.98 Å². The van der Waals surface area contributed by atoms with E-state index in [9.17, 15) is 13.2 Å². The molecule has 0 atom stereocenters. The first-order chi connectivity index (χ1) is 7.20. The molecule has 16 heavy (non-hydrogen) atoms. The number of hydrogen-bond acceptors (Lipinski definition) is 1. The molecule has 5 heteroatoms. The normalized spacial score (nSPS) is 9.69. The summed E-state index contributed by atoms with van der Waals surface area (Å²) in [5.74, 6) is -4.03. The first-order valence-electron chi connectivity index (χ1n) is 4.16. The monoisotopic (exact) mass is 401 g/mol. The predicted molar refractivity (Wildman–Crippen MR) is 48.4 cm³/mol. The molecule has 0 saturated carbocycles. The predicted octanol–water partition coefficient (Wildman–Crippen LogP) is 2.96. The van der Waals surface area contributed by atoms with Gasteiger partial charge in [0.1, 0.15) is 5.82 Å². The Hall–Kier alpha value is -1.19. The van der Waals surface area contributed by atoms with Crippen LogP contribution in [-0.2, 0) is 20.1 Å². The molecule has 0 N–H and O–H groups in total. The zero-order chi connectivity index (χ0) is 10.8. The van der Waals surface area contributed by atoms with Gasteiger partial charge in [-0.25, -0.2) is 4.39 Å². The van der Waals surface area contributed by atoms with Crippen molar-refractivity contribution < 1.29 is 33.3 Å². The van der Waals surface area contributed by atoms with Crippen LogP contribution in [-0.4, -0.2) is 4.98 Å². The summed E-state index contributed by atoms with van der Waals surface area (Å²) in [5, 5.41) is 0. The van der Waals surface area contributed by atoms with E-state index in [1.807, 2.05) is 0 Å². The van der Waals surface area contributed by atoms with E-state index < -0.39 is 17.5 Å². The maximum Gasteiger partial charge on any atom is 0.111 e. The van der Waals surface area contributed by atoms with E-state index in [4.69, 9.17) is 0 Å². The molecule has 0 aliphatic heterocycles. The van der Waals surface area contributed by atoms with Gasteiger partial charge in [-0.15, -0.1) is 12.1 Å². The molecule has 1 nitrogen and oxygen atoms in total. The number of hydrogen-bond donors (Lipinski definition) is 0. The van der Waals surface area contributed by atoms with Crippen LogP contribution < -0.4 is 0 Å². The fraction of sp³-hybridized carbons (Fsp3) is 0. The summed E-state index contributed by atoms with van der Waals surface area (Å²) in [6.07, 6.45) is 1.43. The molecule has 1 heterocycles. The smallest absolute Gasteiger partial charge is 0.111 e. The van der Waals surface area contributed by atoms with E-state index in [1.165, 1.54) is 12.3 Å². The van der Waals surface area contributed by atoms with E-state index >= 15 is 0 Å². The molecular formula is C11H5F3IrN-. The maximum atomic E-state index is 13.3. The molecule has 0 amide bonds. The maximum absolute atomic E-state index is 13.3. The van der Waals surface area contributed by atoms with Crippen molar-refractivity contribution in [1.82, 2.24) is 4.98 Å². The molecule has 0 aliphatic rings. The van der Waals surface area contributed by atoms with E-state index in [-0.39, 0.29) is 31.4 Å². The van der Waals surface area contributed by atoms with Gasteiger partial charge in [0.2, 0.25) is 0 Å². The first-order valence-corrected chi connectivity index (χ1v) is 4.16. The third-order valence-corrected chi connectivity index (χ3v) is 1.89. The van der Waals surface area contributed by atoms with Crippen LogP contribution in [0.5, 0.6) is 0 Å². The van der Waals surface area contributed by atoms with Gasteiger partial charge in [0, 0.05) is 26.3 Å². The average molecular weight is 400 g/mol. The van der Waals surface area contributed by atoms with Crippen LogP contribution in [0.2, 0.25) is 0 Å². The molecule has 0 bridgehead atoms. The summed E-state index contributed by atoms with van der Waals surface area (Å²) in [4.78, 5) is 3.82. The van der Waals surface area contributed by atoms with Crippen LogP contribution in [0.3, 0.4) is 0 Å². The van der Waals surface area contributed by atoms with Crippen molar-refractivity contribution in [3.05, 3.63) is 54.0 Å². The summed E-state index contributed by atoms with van der Waals surface area (Å²) < 4.78 is 38.7. The number of benzene rings is 1. The van der Waals surface area contributed by atoms with Crippen molar-refractivity contribution in [2.75, 3.05) is 0 Å². The molecule has 1 aromatic heterocycles. The standard InChI is InChI=1S/C11H5F3N.Ir/c12-8-5-4-7(10(13)11(8)14)9-3-1-2-6-15-9;/h1-3,5-6H;/q-1;. The van der Waals surface area contributed by atoms with Crippen LogP contribution in [0.15, 0.2) is 30.5 Å². The Morgan fingerprint density at radius 1 is 1.06 bits per heavy atom. The fourth-order valence-electron chi connectivity index (χ4n) is 1.17. The van der Waals surface area contributed by atoms with E-state index in [0.717, 1.165) is 6.07 Å². The van der Waals surface area contributed by atoms with Crippen molar-refractivity contribution in [3.8, 4) is 11.3 Å². The molecule has 0 unspecified atom stereocenters. The van der Waals surface area contributed by atoms with Crippen molar-refractivity contribution in [2.24, 2.45) is 0 Å². The van der Waals surface area contributed by atoms with Gasteiger partial charge in [-0.3, -0.25) is 8.78 Å². The largest absolute Gasteiger partial charge is 0.305 e. The molecule has 0 aliphatic carbocycles. The number of aromatic nitrogens is 1. The van der Waals surface area contributed by atoms with Crippen molar-refractivity contribution >= 4 is 0 Å². The summed E-state index contributed by atoms with van der Waals surface area (Å²) in [7, 11) is 0. The quantitative estimate of drug-likeness (QED) is 0.530. The zero-order valence-corrected chi connectivity index (χ0v) is 10.2. The van der Waals surface area contributed by atoms with Gasteiger partial charge in [0.05, 0.1) is 11.6 Å². The van der Waals surface area contributed by atoms with Crippen molar-refractivity contribution in [1.29, 1.82) is 0 Å². The van der Waals surface area contributed by atoms with E-state index in [2.05, 4.69) is 11.1 Å². The third kappa shape index (κ3) is 2.31. The Morgan fingerprint density at radius 3 is 2.44 bits per heavy atom. The molecule has 2 aromatic rings. The van der Waals surface area contributed by atoms with Gasteiger partial charge in [-0.05, 0) is 11.8 Å².